The van der Waals surface area contributed by atoms with Gasteiger partial charge < -0.3 is 10.0 Å². The second kappa shape index (κ2) is 6.29. The van der Waals surface area contributed by atoms with E-state index in [-0.39, 0.29) is 12.5 Å². The van der Waals surface area contributed by atoms with Crippen LogP contribution in [0.15, 0.2) is 0 Å². The van der Waals surface area contributed by atoms with Crippen LogP contribution in [0.5, 0.6) is 0 Å². The molecule has 94 valence electrons. The average molecular weight is 257 g/mol. The van der Waals surface area contributed by atoms with Gasteiger partial charge in [-0.05, 0) is 24.9 Å². The van der Waals surface area contributed by atoms with E-state index in [9.17, 15) is 9.59 Å². The van der Waals surface area contributed by atoms with Crippen molar-refractivity contribution in [1.82, 2.24) is 14.5 Å². The lowest BCUT2D eigenvalue weighted by Gasteiger charge is -2.17. The third kappa shape index (κ3) is 3.48. The molecule has 0 unspecified atom stereocenters. The number of carbonyl (C=O) groups is 2. The van der Waals surface area contributed by atoms with Crippen LogP contribution in [-0.4, -0.2) is 44.6 Å². The number of carboxylic acids is 1. The summed E-state index contributed by atoms with van der Waals surface area (Å²) in [5.74, 6) is -1.32. The second-order valence-corrected chi connectivity index (χ2v) is 4.27. The van der Waals surface area contributed by atoms with E-state index < -0.39 is 5.97 Å². The molecule has 1 aromatic heterocycles. The molecule has 17 heavy (non-hydrogen) atoms. The lowest BCUT2D eigenvalue weighted by atomic mass is 10.2. The van der Waals surface area contributed by atoms with Crippen molar-refractivity contribution < 1.29 is 14.7 Å². The number of aryl methyl sites for hydroxylation is 1. The smallest absolute Gasteiger partial charge is 0.323 e. The summed E-state index contributed by atoms with van der Waals surface area (Å²) in [5, 5.41) is 12.6. The Hall–Kier alpha value is -1.50. The highest BCUT2D eigenvalue weighted by atomic mass is 32.1. The van der Waals surface area contributed by atoms with Crippen molar-refractivity contribution in [3.05, 3.63) is 10.6 Å². The maximum Gasteiger partial charge on any atom is 0.323 e. The first-order chi connectivity index (χ1) is 8.10. The highest BCUT2D eigenvalue weighted by Gasteiger charge is 2.22. The van der Waals surface area contributed by atoms with Gasteiger partial charge in [-0.3, -0.25) is 9.59 Å². The SMILES string of the molecule is CCCc1nnsc1C(=O)N(CC)CC(=O)O. The number of aliphatic carboxylic acids is 1. The van der Waals surface area contributed by atoms with E-state index in [1.165, 1.54) is 4.90 Å². The van der Waals surface area contributed by atoms with Crippen LogP contribution >= 0.6 is 11.5 Å². The Morgan fingerprint density at radius 3 is 2.65 bits per heavy atom. The molecule has 1 heterocycles. The van der Waals surface area contributed by atoms with Gasteiger partial charge in [-0.25, -0.2) is 0 Å². The Bertz CT molecular complexity index is 405. The van der Waals surface area contributed by atoms with Crippen LogP contribution in [0, 0.1) is 0 Å². The number of nitrogens with zero attached hydrogens (tertiary/aromatic N) is 3. The van der Waals surface area contributed by atoms with Crippen molar-refractivity contribution in [3.8, 4) is 0 Å². The molecule has 1 aromatic rings. The Kier molecular flexibility index (Phi) is 5.02. The number of carboxylic acid groups (broad SMARTS) is 1. The first-order valence-electron chi connectivity index (χ1n) is 5.42. The average Bonchev–Trinajstić information content (AvgIpc) is 2.73. The summed E-state index contributed by atoms with van der Waals surface area (Å²) in [6, 6.07) is 0. The van der Waals surface area contributed by atoms with Crippen molar-refractivity contribution in [2.75, 3.05) is 13.1 Å². The molecule has 1 rings (SSSR count). The predicted molar refractivity (Wildman–Crippen MR) is 63.1 cm³/mol. The fourth-order valence-electron chi connectivity index (χ4n) is 1.41. The summed E-state index contributed by atoms with van der Waals surface area (Å²) < 4.78 is 3.75. The van der Waals surface area contributed by atoms with Gasteiger partial charge in [0, 0.05) is 6.54 Å². The van der Waals surface area contributed by atoms with Gasteiger partial charge in [0.25, 0.3) is 5.91 Å². The zero-order valence-electron chi connectivity index (χ0n) is 9.84. The second-order valence-electron chi connectivity index (χ2n) is 3.51. The van der Waals surface area contributed by atoms with Crippen molar-refractivity contribution >= 4 is 23.4 Å². The minimum atomic E-state index is -1.02. The summed E-state index contributed by atoms with van der Waals surface area (Å²) in [6.45, 7) is 3.80. The van der Waals surface area contributed by atoms with Gasteiger partial charge in [-0.15, -0.1) is 5.10 Å². The van der Waals surface area contributed by atoms with E-state index in [1.54, 1.807) is 6.92 Å². The fraction of sp³-hybridized carbons (Fsp3) is 0.600. The number of hydrogen-bond donors (Lipinski definition) is 1. The zero-order valence-corrected chi connectivity index (χ0v) is 10.7. The van der Waals surface area contributed by atoms with Crippen LogP contribution in [-0.2, 0) is 11.2 Å². The Morgan fingerprint density at radius 1 is 1.41 bits per heavy atom. The van der Waals surface area contributed by atoms with Gasteiger partial charge >= 0.3 is 5.97 Å². The molecule has 0 aliphatic heterocycles. The van der Waals surface area contributed by atoms with E-state index in [1.807, 2.05) is 6.92 Å². The molecular formula is C10H15N3O3S. The van der Waals surface area contributed by atoms with Gasteiger partial charge in [0.15, 0.2) is 0 Å². The molecule has 0 fully saturated rings. The van der Waals surface area contributed by atoms with Gasteiger partial charge in [0.1, 0.15) is 11.4 Å². The molecule has 1 amide bonds. The third-order valence-corrected chi connectivity index (χ3v) is 2.99. The lowest BCUT2D eigenvalue weighted by Crippen LogP contribution is -2.35. The monoisotopic (exact) mass is 257 g/mol. The van der Waals surface area contributed by atoms with Crippen molar-refractivity contribution in [1.29, 1.82) is 0 Å². The summed E-state index contributed by atoms with van der Waals surface area (Å²) in [7, 11) is 0. The number of amides is 1. The van der Waals surface area contributed by atoms with E-state index in [0.29, 0.717) is 23.5 Å². The van der Waals surface area contributed by atoms with E-state index in [0.717, 1.165) is 18.0 Å². The molecule has 0 atom stereocenters. The number of rotatable bonds is 6. The van der Waals surface area contributed by atoms with Gasteiger partial charge in [0.05, 0.1) is 5.69 Å². The Labute approximate surface area is 103 Å². The molecule has 0 spiro atoms. The summed E-state index contributed by atoms with van der Waals surface area (Å²) in [4.78, 5) is 24.4. The first-order valence-corrected chi connectivity index (χ1v) is 6.19. The molecule has 6 nitrogen and oxygen atoms in total. The van der Waals surface area contributed by atoms with Crippen molar-refractivity contribution in [3.63, 3.8) is 0 Å². The number of likely N-dealkylation sites (N-methyl/N-ethyl adjacent to an activating group) is 1. The van der Waals surface area contributed by atoms with Crippen LogP contribution in [0.3, 0.4) is 0 Å². The van der Waals surface area contributed by atoms with Crippen molar-refractivity contribution in [2.45, 2.75) is 26.7 Å². The maximum atomic E-state index is 12.1. The van der Waals surface area contributed by atoms with Crippen LogP contribution < -0.4 is 0 Å². The lowest BCUT2D eigenvalue weighted by molar-refractivity contribution is -0.137. The molecule has 1 N–H and O–H groups in total. The van der Waals surface area contributed by atoms with E-state index in [2.05, 4.69) is 9.59 Å². The molecule has 0 radical (unpaired) electrons. The molecule has 0 aliphatic rings. The van der Waals surface area contributed by atoms with Gasteiger partial charge in [0.2, 0.25) is 0 Å². The van der Waals surface area contributed by atoms with Crippen LogP contribution in [0.25, 0.3) is 0 Å². The standard InChI is InChI=1S/C10H15N3O3S/c1-3-5-7-9(17-12-11-7)10(16)13(4-2)6-8(14)15/h3-6H2,1-2H3,(H,14,15). The highest BCUT2D eigenvalue weighted by molar-refractivity contribution is 7.08. The number of aromatic nitrogens is 2. The van der Waals surface area contributed by atoms with Crippen molar-refractivity contribution in [2.24, 2.45) is 0 Å². The largest absolute Gasteiger partial charge is 0.480 e. The highest BCUT2D eigenvalue weighted by Crippen LogP contribution is 2.15. The molecule has 0 saturated carbocycles. The minimum absolute atomic E-state index is 0.293. The Balaban J connectivity index is 2.85. The van der Waals surface area contributed by atoms with Crippen LogP contribution in [0.4, 0.5) is 0 Å². The topological polar surface area (TPSA) is 83.4 Å². The Morgan fingerprint density at radius 2 is 2.12 bits per heavy atom. The molecule has 7 heteroatoms. The van der Waals surface area contributed by atoms with Crippen LogP contribution in [0.1, 0.15) is 35.6 Å². The number of hydrogen-bond acceptors (Lipinski definition) is 5. The molecule has 0 bridgehead atoms. The molecule has 0 aliphatic carbocycles. The predicted octanol–water partition coefficient (Wildman–Crippen LogP) is 1.04. The molecular weight excluding hydrogens is 242 g/mol. The normalized spacial score (nSPS) is 10.2. The molecule has 0 aromatic carbocycles. The molecule has 0 saturated heterocycles. The van der Waals surface area contributed by atoms with Crippen LogP contribution in [0.2, 0.25) is 0 Å². The van der Waals surface area contributed by atoms with E-state index in [4.69, 9.17) is 5.11 Å². The minimum Gasteiger partial charge on any atom is -0.480 e. The summed E-state index contributed by atoms with van der Waals surface area (Å²) in [5.41, 5.74) is 0.659. The third-order valence-electron chi connectivity index (χ3n) is 2.23. The number of carbonyl (C=O) groups excluding carboxylic acids is 1. The fourth-order valence-corrected chi connectivity index (χ4v) is 2.08. The van der Waals surface area contributed by atoms with Gasteiger partial charge in [-0.2, -0.15) is 0 Å². The summed E-state index contributed by atoms with van der Waals surface area (Å²) >= 11 is 1.02. The van der Waals surface area contributed by atoms with E-state index >= 15 is 0 Å². The van der Waals surface area contributed by atoms with Gasteiger partial charge in [-0.1, -0.05) is 17.8 Å². The maximum absolute atomic E-state index is 12.1. The summed E-state index contributed by atoms with van der Waals surface area (Å²) in [6.07, 6.45) is 1.55. The first kappa shape index (κ1) is 13.6. The quantitative estimate of drug-likeness (QED) is 0.823. The zero-order chi connectivity index (χ0) is 12.8.